The zero-order valence-corrected chi connectivity index (χ0v) is 16.8. The van der Waals surface area contributed by atoms with E-state index in [-0.39, 0.29) is 0 Å². The van der Waals surface area contributed by atoms with E-state index in [1.165, 1.54) is 96.4 Å². The van der Waals surface area contributed by atoms with Gasteiger partial charge in [0.1, 0.15) is 6.04 Å². The Bertz CT molecular complexity index is 240. The number of quaternary nitrogens is 1. The number of hydrogen-bond donors (Lipinski definition) is 1. The first-order chi connectivity index (χ1) is 11.0. The van der Waals surface area contributed by atoms with Gasteiger partial charge in [-0.3, -0.25) is 0 Å². The van der Waals surface area contributed by atoms with Crippen molar-refractivity contribution >= 4 is 0 Å². The van der Waals surface area contributed by atoms with Gasteiger partial charge in [-0.05, 0) is 19.8 Å². The largest absolute Gasteiger partial charge is 0.390 e. The lowest BCUT2D eigenvalue weighted by Crippen LogP contribution is -2.49. The molecule has 0 amide bonds. The summed E-state index contributed by atoms with van der Waals surface area (Å²) in [6.45, 7) is 5.92. The predicted octanol–water partition coefficient (Wildman–Crippen LogP) is 5.92. The molecule has 1 atom stereocenters. The number of unbranched alkanes of at least 4 members (excludes halogenated alkanes) is 13. The quantitative estimate of drug-likeness (QED) is 0.259. The van der Waals surface area contributed by atoms with Crippen molar-refractivity contribution < 1.29 is 9.59 Å². The van der Waals surface area contributed by atoms with Gasteiger partial charge in [0.25, 0.3) is 0 Å². The Kier molecular flexibility index (Phi) is 15.4. The highest BCUT2D eigenvalue weighted by molar-refractivity contribution is 4.51. The maximum absolute atomic E-state index is 9.27. The third-order valence-electron chi connectivity index (χ3n) is 5.55. The first kappa shape index (κ1) is 22.9. The Hall–Kier alpha value is -0.0800. The van der Waals surface area contributed by atoms with Crippen molar-refractivity contribution in [1.29, 1.82) is 0 Å². The Morgan fingerprint density at radius 3 is 1.35 bits per heavy atom. The third-order valence-corrected chi connectivity index (χ3v) is 5.55. The molecule has 2 heteroatoms. The topological polar surface area (TPSA) is 20.2 Å². The highest BCUT2D eigenvalue weighted by Gasteiger charge is 2.21. The van der Waals surface area contributed by atoms with E-state index in [1.54, 1.807) is 0 Å². The second-order valence-electron chi connectivity index (χ2n) is 8.13. The fourth-order valence-corrected chi connectivity index (χ4v) is 3.16. The van der Waals surface area contributed by atoms with Gasteiger partial charge in [0, 0.05) is 0 Å². The highest BCUT2D eigenvalue weighted by Crippen LogP contribution is 2.14. The lowest BCUT2D eigenvalue weighted by molar-refractivity contribution is -0.913. The number of rotatable bonds is 17. The van der Waals surface area contributed by atoms with Crippen LogP contribution in [0.25, 0.3) is 0 Å². The molecule has 0 heterocycles. The molecule has 0 rings (SSSR count). The maximum atomic E-state index is 9.27. The first-order valence-corrected chi connectivity index (χ1v) is 10.5. The molecule has 0 aromatic rings. The van der Waals surface area contributed by atoms with Crippen molar-refractivity contribution in [2.24, 2.45) is 0 Å². The summed E-state index contributed by atoms with van der Waals surface area (Å²) in [6, 6.07) is 0.358. The second-order valence-corrected chi connectivity index (χ2v) is 8.13. The van der Waals surface area contributed by atoms with Crippen LogP contribution in [0.4, 0.5) is 0 Å². The standard InChI is InChI=1S/C21H46NO/c1-5-6-7-8-9-10-11-12-13-14-15-16-17-18-19-22(3,4)21(2)20-23/h21,23H,5-20H2,1-4H3/q+1/t21-/m0/s1. The lowest BCUT2D eigenvalue weighted by Gasteiger charge is -2.35. The van der Waals surface area contributed by atoms with E-state index < -0.39 is 0 Å². The molecule has 23 heavy (non-hydrogen) atoms. The summed E-state index contributed by atoms with van der Waals surface area (Å²) >= 11 is 0. The summed E-state index contributed by atoms with van der Waals surface area (Å²) in [4.78, 5) is 0. The molecule has 1 N–H and O–H groups in total. The molecule has 0 unspecified atom stereocenters. The smallest absolute Gasteiger partial charge is 0.109 e. The molecule has 140 valence electrons. The SMILES string of the molecule is CCCCCCCCCCCCCCCC[N+](C)(C)[C@@H](C)CO. The van der Waals surface area contributed by atoms with Gasteiger partial charge in [0.15, 0.2) is 0 Å². The average molecular weight is 329 g/mol. The summed E-state index contributed by atoms with van der Waals surface area (Å²) in [5.41, 5.74) is 0. The van der Waals surface area contributed by atoms with Crippen molar-refractivity contribution in [2.75, 3.05) is 27.2 Å². The van der Waals surface area contributed by atoms with Gasteiger partial charge in [-0.2, -0.15) is 0 Å². The molecule has 0 aliphatic rings. The second kappa shape index (κ2) is 15.4. The number of aliphatic hydroxyl groups excluding tert-OH is 1. The van der Waals surface area contributed by atoms with Crippen molar-refractivity contribution in [3.05, 3.63) is 0 Å². The number of nitrogens with zero attached hydrogens (tertiary/aromatic N) is 1. The van der Waals surface area contributed by atoms with E-state index >= 15 is 0 Å². The van der Waals surface area contributed by atoms with Crippen LogP contribution in [-0.4, -0.2) is 42.9 Å². The fraction of sp³-hybridized carbons (Fsp3) is 1.00. The van der Waals surface area contributed by atoms with Crippen LogP contribution in [-0.2, 0) is 0 Å². The Morgan fingerprint density at radius 1 is 0.652 bits per heavy atom. The number of likely N-dealkylation sites (N-methyl/N-ethyl adjacent to an activating group) is 1. The molecule has 0 bridgehead atoms. The van der Waals surface area contributed by atoms with E-state index in [2.05, 4.69) is 27.9 Å². The molecular weight excluding hydrogens is 282 g/mol. The van der Waals surface area contributed by atoms with Gasteiger partial charge in [-0.1, -0.05) is 84.0 Å². The number of hydrogen-bond acceptors (Lipinski definition) is 1. The lowest BCUT2D eigenvalue weighted by atomic mass is 10.0. The molecule has 0 saturated carbocycles. The molecule has 0 aliphatic heterocycles. The minimum atomic E-state index is 0.297. The van der Waals surface area contributed by atoms with Gasteiger partial charge in [0.05, 0.1) is 27.2 Å². The van der Waals surface area contributed by atoms with E-state index in [0.717, 1.165) is 4.48 Å². The van der Waals surface area contributed by atoms with Crippen molar-refractivity contribution in [2.45, 2.75) is 110 Å². The molecule has 0 aromatic carbocycles. The van der Waals surface area contributed by atoms with Crippen molar-refractivity contribution in [3.63, 3.8) is 0 Å². The minimum absolute atomic E-state index is 0.297. The molecular formula is C21H46NO+. The summed E-state index contributed by atoms with van der Waals surface area (Å²) in [5, 5.41) is 9.27. The van der Waals surface area contributed by atoms with Crippen LogP contribution < -0.4 is 0 Å². The Morgan fingerprint density at radius 2 is 1.00 bits per heavy atom. The van der Waals surface area contributed by atoms with Crippen LogP contribution in [0.15, 0.2) is 0 Å². The Labute approximate surface area is 147 Å². The van der Waals surface area contributed by atoms with Crippen LogP contribution in [0.2, 0.25) is 0 Å². The van der Waals surface area contributed by atoms with E-state index in [1.807, 2.05) is 0 Å². The van der Waals surface area contributed by atoms with Crippen LogP contribution >= 0.6 is 0 Å². The van der Waals surface area contributed by atoms with Crippen molar-refractivity contribution in [3.8, 4) is 0 Å². The predicted molar refractivity (Wildman–Crippen MR) is 104 cm³/mol. The van der Waals surface area contributed by atoms with Gasteiger partial charge < -0.3 is 9.59 Å². The van der Waals surface area contributed by atoms with E-state index in [9.17, 15) is 5.11 Å². The van der Waals surface area contributed by atoms with E-state index in [4.69, 9.17) is 0 Å². The fourth-order valence-electron chi connectivity index (χ4n) is 3.16. The average Bonchev–Trinajstić information content (AvgIpc) is 2.54. The van der Waals surface area contributed by atoms with Gasteiger partial charge in [-0.25, -0.2) is 0 Å². The molecule has 0 aliphatic carbocycles. The van der Waals surface area contributed by atoms with Gasteiger partial charge in [-0.15, -0.1) is 0 Å². The summed E-state index contributed by atoms with van der Waals surface area (Å²) in [7, 11) is 4.48. The molecule has 0 fully saturated rings. The monoisotopic (exact) mass is 328 g/mol. The van der Waals surface area contributed by atoms with Crippen LogP contribution in [0.1, 0.15) is 104 Å². The highest BCUT2D eigenvalue weighted by atomic mass is 16.3. The Balaban J connectivity index is 3.22. The summed E-state index contributed by atoms with van der Waals surface area (Å²) < 4.78 is 0.953. The summed E-state index contributed by atoms with van der Waals surface area (Å²) in [5.74, 6) is 0. The van der Waals surface area contributed by atoms with Crippen LogP contribution in [0.5, 0.6) is 0 Å². The third kappa shape index (κ3) is 14.0. The summed E-state index contributed by atoms with van der Waals surface area (Å²) in [6.07, 6.45) is 19.9. The zero-order chi connectivity index (χ0) is 17.4. The zero-order valence-electron chi connectivity index (χ0n) is 16.8. The number of aliphatic hydroxyl groups is 1. The van der Waals surface area contributed by atoms with Crippen LogP contribution in [0, 0.1) is 0 Å². The van der Waals surface area contributed by atoms with E-state index in [0.29, 0.717) is 12.6 Å². The van der Waals surface area contributed by atoms with Crippen molar-refractivity contribution in [1.82, 2.24) is 0 Å². The maximum Gasteiger partial charge on any atom is 0.109 e. The normalized spacial score (nSPS) is 13.4. The van der Waals surface area contributed by atoms with Crippen LogP contribution in [0.3, 0.4) is 0 Å². The molecule has 2 nitrogen and oxygen atoms in total. The minimum Gasteiger partial charge on any atom is -0.390 e. The molecule has 0 radical (unpaired) electrons. The van der Waals surface area contributed by atoms with Gasteiger partial charge >= 0.3 is 0 Å². The molecule has 0 spiro atoms. The first-order valence-electron chi connectivity index (χ1n) is 10.5. The molecule has 0 saturated heterocycles. The van der Waals surface area contributed by atoms with Gasteiger partial charge in [0.2, 0.25) is 0 Å². The molecule has 0 aromatic heterocycles.